The highest BCUT2D eigenvalue weighted by atomic mass is 35.5. The fourth-order valence-electron chi connectivity index (χ4n) is 5.09. The van der Waals surface area contributed by atoms with Crippen molar-refractivity contribution >= 4 is 23.5 Å². The topological polar surface area (TPSA) is 42.3 Å². The lowest BCUT2D eigenvalue weighted by Crippen LogP contribution is -2.56. The summed E-state index contributed by atoms with van der Waals surface area (Å²) in [6.07, 6.45) is 8.26. The molecular formula is C24H35ClN4OS. The van der Waals surface area contributed by atoms with Crippen LogP contribution in [0, 0.1) is 6.92 Å². The van der Waals surface area contributed by atoms with Crippen molar-refractivity contribution in [1.29, 1.82) is 0 Å². The van der Waals surface area contributed by atoms with Crippen molar-refractivity contribution in [1.82, 2.24) is 19.4 Å². The van der Waals surface area contributed by atoms with Crippen LogP contribution in [0.5, 0.6) is 0 Å². The number of rotatable bonds is 7. The Labute approximate surface area is 196 Å². The lowest BCUT2D eigenvalue weighted by atomic mass is 9.82. The van der Waals surface area contributed by atoms with E-state index in [0.717, 1.165) is 31.1 Å². The Morgan fingerprint density at radius 1 is 1.19 bits per heavy atom. The molecule has 1 aliphatic carbocycles. The van der Waals surface area contributed by atoms with Gasteiger partial charge in [-0.05, 0) is 69.0 Å². The van der Waals surface area contributed by atoms with Crippen molar-refractivity contribution in [2.75, 3.05) is 26.0 Å². The summed E-state index contributed by atoms with van der Waals surface area (Å²) >= 11 is 7.77. The van der Waals surface area contributed by atoms with E-state index in [2.05, 4.69) is 41.0 Å². The van der Waals surface area contributed by atoms with Gasteiger partial charge in [-0.15, -0.1) is 0 Å². The minimum absolute atomic E-state index is 0.255. The average molecular weight is 463 g/mol. The number of hydrogen-bond acceptors (Lipinski definition) is 5. The molecule has 2 atom stereocenters. The normalized spacial score (nSPS) is 27.5. The van der Waals surface area contributed by atoms with Gasteiger partial charge in [0, 0.05) is 48.9 Å². The molecule has 2 unspecified atom stereocenters. The van der Waals surface area contributed by atoms with Crippen LogP contribution < -0.4 is 4.72 Å². The summed E-state index contributed by atoms with van der Waals surface area (Å²) < 4.78 is 11.7. The van der Waals surface area contributed by atoms with E-state index in [0.29, 0.717) is 18.0 Å². The molecule has 170 valence electrons. The highest BCUT2D eigenvalue weighted by molar-refractivity contribution is 7.96. The minimum Gasteiger partial charge on any atom is -0.374 e. The Bertz CT molecular complexity index is 815. The summed E-state index contributed by atoms with van der Waals surface area (Å²) in [4.78, 5) is 2.75. The number of nitrogens with zero attached hydrogens (tertiary/aromatic N) is 3. The van der Waals surface area contributed by atoms with Crippen LogP contribution >= 0.6 is 23.5 Å². The molecular weight excluding hydrogens is 428 g/mol. The monoisotopic (exact) mass is 462 g/mol. The Morgan fingerprint density at radius 3 is 2.58 bits per heavy atom. The maximum atomic E-state index is 6.26. The highest BCUT2D eigenvalue weighted by Crippen LogP contribution is 2.36. The Kier molecular flexibility index (Phi) is 7.99. The second-order valence-corrected chi connectivity index (χ2v) is 10.2. The molecule has 7 heteroatoms. The van der Waals surface area contributed by atoms with Crippen LogP contribution in [0.25, 0.3) is 0 Å². The highest BCUT2D eigenvalue weighted by Gasteiger charge is 2.36. The van der Waals surface area contributed by atoms with Gasteiger partial charge in [-0.1, -0.05) is 35.7 Å². The summed E-state index contributed by atoms with van der Waals surface area (Å²) in [6, 6.07) is 11.6. The molecule has 0 radical (unpaired) electrons. The summed E-state index contributed by atoms with van der Waals surface area (Å²) in [5.74, 6) is 0.598. The van der Waals surface area contributed by atoms with Gasteiger partial charge < -0.3 is 4.74 Å². The van der Waals surface area contributed by atoms with Crippen LogP contribution in [0.4, 0.5) is 0 Å². The lowest BCUT2D eigenvalue weighted by molar-refractivity contribution is -0.0812. The fourth-order valence-corrected chi connectivity index (χ4v) is 5.57. The van der Waals surface area contributed by atoms with Gasteiger partial charge in [0.15, 0.2) is 0 Å². The molecule has 1 aromatic carbocycles. The van der Waals surface area contributed by atoms with Crippen LogP contribution in [-0.2, 0) is 18.2 Å². The van der Waals surface area contributed by atoms with Crippen molar-refractivity contribution in [2.24, 2.45) is 7.05 Å². The first kappa shape index (κ1) is 23.1. The first-order chi connectivity index (χ1) is 15.0. The van der Waals surface area contributed by atoms with Crippen molar-refractivity contribution in [3.05, 3.63) is 52.3 Å². The molecule has 2 heterocycles. The Morgan fingerprint density at radius 2 is 1.94 bits per heavy atom. The number of aromatic nitrogens is 2. The fraction of sp³-hybridized carbons (Fsp3) is 0.625. The van der Waals surface area contributed by atoms with Crippen LogP contribution in [0.1, 0.15) is 48.6 Å². The molecule has 1 saturated heterocycles. The number of morpholine rings is 1. The molecule has 5 nitrogen and oxygen atoms in total. The summed E-state index contributed by atoms with van der Waals surface area (Å²) in [6.45, 7) is 4.83. The van der Waals surface area contributed by atoms with Crippen molar-refractivity contribution in [3.63, 3.8) is 0 Å². The van der Waals surface area contributed by atoms with E-state index >= 15 is 0 Å². The summed E-state index contributed by atoms with van der Waals surface area (Å²) in [7, 11) is 2.04. The summed E-state index contributed by atoms with van der Waals surface area (Å²) in [5, 5.41) is 5.55. The van der Waals surface area contributed by atoms with E-state index in [1.165, 1.54) is 42.6 Å². The van der Waals surface area contributed by atoms with Crippen molar-refractivity contribution in [3.8, 4) is 0 Å². The molecule has 0 amide bonds. The van der Waals surface area contributed by atoms with E-state index < -0.39 is 0 Å². The summed E-state index contributed by atoms with van der Waals surface area (Å²) in [5.41, 5.74) is 3.86. The molecule has 4 rings (SSSR count). The molecule has 31 heavy (non-hydrogen) atoms. The molecule has 2 fully saturated rings. The van der Waals surface area contributed by atoms with Gasteiger partial charge in [-0.3, -0.25) is 14.3 Å². The molecule has 2 aliphatic rings. The third-order valence-electron chi connectivity index (χ3n) is 6.96. The predicted molar refractivity (Wildman–Crippen MR) is 130 cm³/mol. The maximum Gasteiger partial charge on any atom is 0.0836 e. The van der Waals surface area contributed by atoms with E-state index in [1.54, 1.807) is 11.9 Å². The van der Waals surface area contributed by atoms with Gasteiger partial charge in [0.2, 0.25) is 0 Å². The van der Waals surface area contributed by atoms with E-state index in [-0.39, 0.29) is 6.10 Å². The molecule has 2 aromatic rings. The van der Waals surface area contributed by atoms with Gasteiger partial charge >= 0.3 is 0 Å². The van der Waals surface area contributed by atoms with E-state index in [9.17, 15) is 0 Å². The number of halogens is 1. The van der Waals surface area contributed by atoms with Gasteiger partial charge in [0.25, 0.3) is 0 Å². The minimum atomic E-state index is 0.255. The van der Waals surface area contributed by atoms with Crippen molar-refractivity contribution < 1.29 is 4.74 Å². The number of ether oxygens (including phenoxy) is 1. The average Bonchev–Trinajstić information content (AvgIpc) is 3.13. The zero-order chi connectivity index (χ0) is 21.8. The Hall–Kier alpha value is -1.05. The quantitative estimate of drug-likeness (QED) is 0.609. The smallest absolute Gasteiger partial charge is 0.0836 e. The van der Waals surface area contributed by atoms with Crippen molar-refractivity contribution in [2.45, 2.75) is 63.1 Å². The second-order valence-electron chi connectivity index (χ2n) is 9.03. The molecule has 1 saturated carbocycles. The molecule has 1 aromatic heterocycles. The predicted octanol–water partition coefficient (Wildman–Crippen LogP) is 4.59. The standard InChI is InChI=1S/C24H35ClN4OS/c1-17-12-24(27-28(17)2)19-6-10-21(11-7-19)29-15-23(14-26-31-3)30-16-22(29)13-18-4-8-20(25)9-5-18/h4-5,8-9,12,19,21-23,26H,6-7,10-11,13-16H2,1-3H3. The number of nitrogens with one attached hydrogen (secondary N) is 1. The first-order valence-electron chi connectivity index (χ1n) is 11.4. The molecule has 1 aliphatic heterocycles. The van der Waals surface area contributed by atoms with Gasteiger partial charge in [-0.2, -0.15) is 5.10 Å². The number of aryl methyl sites for hydroxylation is 2. The first-order valence-corrected chi connectivity index (χ1v) is 13.0. The number of benzene rings is 1. The number of hydrogen-bond donors (Lipinski definition) is 1. The third-order valence-corrected chi connectivity index (χ3v) is 7.67. The zero-order valence-corrected chi connectivity index (χ0v) is 20.5. The van der Waals surface area contributed by atoms with Gasteiger partial charge in [0.05, 0.1) is 18.4 Å². The van der Waals surface area contributed by atoms with Gasteiger partial charge in [0.1, 0.15) is 0 Å². The molecule has 0 bridgehead atoms. The molecule has 0 spiro atoms. The van der Waals surface area contributed by atoms with Gasteiger partial charge in [-0.25, -0.2) is 0 Å². The SMILES string of the molecule is CSNCC1CN(C2CCC(c3cc(C)n(C)n3)CC2)C(Cc2ccc(Cl)cc2)CO1. The van der Waals surface area contributed by atoms with Crippen LogP contribution in [0.15, 0.2) is 30.3 Å². The van der Waals surface area contributed by atoms with E-state index in [4.69, 9.17) is 21.4 Å². The maximum absolute atomic E-state index is 6.26. The largest absolute Gasteiger partial charge is 0.374 e. The second kappa shape index (κ2) is 10.7. The Balaban J connectivity index is 1.42. The van der Waals surface area contributed by atoms with Crippen LogP contribution in [0.2, 0.25) is 5.02 Å². The molecule has 1 N–H and O–H groups in total. The zero-order valence-electron chi connectivity index (χ0n) is 18.9. The van der Waals surface area contributed by atoms with Crippen LogP contribution in [-0.4, -0.2) is 58.8 Å². The lowest BCUT2D eigenvalue weighted by Gasteiger charge is -2.46. The third kappa shape index (κ3) is 5.85. The van der Waals surface area contributed by atoms with Crippen LogP contribution in [0.3, 0.4) is 0 Å². The van der Waals surface area contributed by atoms with E-state index in [1.807, 2.05) is 23.9 Å².